The van der Waals surface area contributed by atoms with Gasteiger partial charge in [-0.05, 0) is 35.5 Å². The van der Waals surface area contributed by atoms with Gasteiger partial charge in [0.15, 0.2) is 0 Å². The van der Waals surface area contributed by atoms with E-state index in [0.29, 0.717) is 5.32 Å². The SMILES string of the molecule is [2H]C([2H])([2H])C1(C([2H])([2H])[2H])[C@@H]2[C@@H](C(=O)N[C@H](C#N)C[C@H]3C(=O)NC([2H])([2H])C3([2H])[2H])N(C(=O)[C@@]([2H])(NC(=O)C(F)(F)F)C(C([2H])([2H])[2H])(C([2H])([2H])[2H])C([2H])([2H])[2H])C[C@@H]21. The van der Waals surface area contributed by atoms with Crippen LogP contribution in [0.1, 0.15) is 74.5 Å². The third-order valence-corrected chi connectivity index (χ3v) is 5.81. The molecule has 0 aromatic heterocycles. The molecule has 194 valence electrons. The van der Waals surface area contributed by atoms with Crippen LogP contribution in [0.4, 0.5) is 13.2 Å². The number of rotatable bonds is 6. The van der Waals surface area contributed by atoms with Gasteiger partial charge in [-0.15, -0.1) is 0 Å². The first-order valence-electron chi connectivity index (χ1n) is 19.8. The molecule has 3 fully saturated rings. The number of amides is 4. The molecule has 0 aromatic rings. The van der Waals surface area contributed by atoms with Gasteiger partial charge in [-0.25, -0.2) is 0 Å². The van der Waals surface area contributed by atoms with Crippen LogP contribution >= 0.6 is 0 Å². The first-order valence-corrected chi connectivity index (χ1v) is 9.82. The number of likely N-dealkylation sites (tertiary alicyclic amines) is 1. The summed E-state index contributed by atoms with van der Waals surface area (Å²) in [5.41, 5.74) is -7.97. The Morgan fingerprint density at radius 2 is 2.03 bits per heavy atom. The largest absolute Gasteiger partial charge is 0.471 e. The molecular weight excluding hydrogens is 467 g/mol. The Morgan fingerprint density at radius 3 is 2.54 bits per heavy atom. The number of nitrogens with one attached hydrogen (secondary N) is 3. The summed E-state index contributed by atoms with van der Waals surface area (Å²) in [6.07, 6.45) is -10.3. The molecule has 0 bridgehead atoms. The van der Waals surface area contributed by atoms with E-state index in [4.69, 9.17) is 27.4 Å². The molecule has 1 aliphatic carbocycles. The molecule has 0 spiro atoms. The Balaban J connectivity index is 2.33. The van der Waals surface area contributed by atoms with E-state index in [9.17, 15) is 37.6 Å². The van der Waals surface area contributed by atoms with Gasteiger partial charge in [-0.3, -0.25) is 19.2 Å². The fraction of sp³-hybridized carbons (Fsp3) is 0.783. The number of halogens is 3. The van der Waals surface area contributed by atoms with Gasteiger partial charge in [0.25, 0.3) is 0 Å². The summed E-state index contributed by atoms with van der Waals surface area (Å²) in [5.74, 6) is -15.4. The number of alkyl halides is 3. The van der Waals surface area contributed by atoms with Crippen LogP contribution in [0.15, 0.2) is 0 Å². The Hall–Kier alpha value is -2.84. The molecule has 3 rings (SSSR count). The van der Waals surface area contributed by atoms with Crippen molar-refractivity contribution in [2.75, 3.05) is 13.0 Å². The van der Waals surface area contributed by atoms with Crippen LogP contribution in [0, 0.1) is 39.9 Å². The maximum Gasteiger partial charge on any atom is 0.471 e. The van der Waals surface area contributed by atoms with Crippen LogP contribution in [-0.4, -0.2) is 65.8 Å². The van der Waals surface area contributed by atoms with Gasteiger partial charge in [0.2, 0.25) is 17.7 Å². The molecule has 6 atom stereocenters. The van der Waals surface area contributed by atoms with Crippen molar-refractivity contribution >= 4 is 23.6 Å². The lowest BCUT2D eigenvalue weighted by molar-refractivity contribution is -0.176. The highest BCUT2D eigenvalue weighted by molar-refractivity contribution is 5.95. The molecule has 1 saturated carbocycles. The van der Waals surface area contributed by atoms with Crippen molar-refractivity contribution < 1.29 is 59.8 Å². The summed E-state index contributed by atoms with van der Waals surface area (Å²) in [6.45, 7) is -25.7. The molecule has 3 N–H and O–H groups in total. The van der Waals surface area contributed by atoms with E-state index in [2.05, 4.69) is 0 Å². The van der Waals surface area contributed by atoms with Crippen LogP contribution in [0.2, 0.25) is 0 Å². The molecule has 2 heterocycles. The Bertz CT molecular complexity index is 1600. The van der Waals surface area contributed by atoms with Gasteiger partial charge in [0.05, 0.1) is 7.44 Å². The zero-order valence-electron chi connectivity index (χ0n) is 37.5. The van der Waals surface area contributed by atoms with Crippen molar-refractivity contribution in [3.63, 3.8) is 0 Å². The molecule has 3 aliphatic rings. The Morgan fingerprint density at radius 1 is 1.34 bits per heavy atom. The summed E-state index contributed by atoms with van der Waals surface area (Å²) in [6, 6.07) is -8.43. The number of piperidine rings is 1. The lowest BCUT2D eigenvalue weighted by atomic mass is 9.85. The zero-order chi connectivity index (χ0) is 43.5. The van der Waals surface area contributed by atoms with Crippen LogP contribution < -0.4 is 16.0 Å². The third kappa shape index (κ3) is 5.23. The summed E-state index contributed by atoms with van der Waals surface area (Å²) >= 11 is 0. The number of nitriles is 1. The van der Waals surface area contributed by atoms with E-state index in [1.54, 1.807) is 5.32 Å². The van der Waals surface area contributed by atoms with Crippen molar-refractivity contribution in [2.45, 2.75) is 71.3 Å². The summed E-state index contributed by atoms with van der Waals surface area (Å²) < 4.78 is 201. The molecule has 35 heavy (non-hydrogen) atoms. The van der Waals surface area contributed by atoms with Crippen molar-refractivity contribution in [1.29, 1.82) is 5.26 Å². The molecule has 0 aromatic carbocycles. The van der Waals surface area contributed by atoms with Gasteiger partial charge in [0.1, 0.15) is 18.1 Å². The first kappa shape index (κ1) is 10.6. The average Bonchev–Trinajstić information content (AvgIpc) is 3.40. The highest BCUT2D eigenvalue weighted by Crippen LogP contribution is 2.65. The van der Waals surface area contributed by atoms with E-state index < -0.39 is 137 Å². The highest BCUT2D eigenvalue weighted by Gasteiger charge is 2.70. The van der Waals surface area contributed by atoms with Gasteiger partial charge in [-0.1, -0.05) is 34.3 Å². The van der Waals surface area contributed by atoms with Gasteiger partial charge < -0.3 is 20.9 Å². The van der Waals surface area contributed by atoms with Gasteiger partial charge in [-0.2, -0.15) is 18.4 Å². The number of hydrogen-bond acceptors (Lipinski definition) is 5. The van der Waals surface area contributed by atoms with E-state index in [0.717, 1.165) is 0 Å². The average molecular weight is 520 g/mol. The number of fused-ring (bicyclic) bond motifs is 1. The number of hydrogen-bond donors (Lipinski definition) is 3. The molecule has 0 unspecified atom stereocenters. The van der Waals surface area contributed by atoms with E-state index >= 15 is 0 Å². The normalized spacial score (nSPS) is 42.9. The third-order valence-electron chi connectivity index (χ3n) is 5.81. The molecule has 12 heteroatoms. The van der Waals surface area contributed by atoms with E-state index in [1.165, 1.54) is 6.07 Å². The smallest absolute Gasteiger partial charge is 0.356 e. The highest BCUT2D eigenvalue weighted by atomic mass is 19.4. The second-order valence-corrected chi connectivity index (χ2v) is 8.22. The topological polar surface area (TPSA) is 131 Å². The van der Waals surface area contributed by atoms with Gasteiger partial charge >= 0.3 is 12.1 Å². The second kappa shape index (κ2) is 8.99. The monoisotopic (exact) mass is 519 g/mol. The zero-order valence-corrected chi connectivity index (χ0v) is 17.5. The summed E-state index contributed by atoms with van der Waals surface area (Å²) in [5, 5.41) is 13.9. The summed E-state index contributed by atoms with van der Waals surface area (Å²) in [4.78, 5) is 53.1. The molecule has 4 amide bonds. The first-order chi connectivity index (χ1) is 24.1. The minimum Gasteiger partial charge on any atom is -0.356 e. The Labute approximate surface area is 230 Å². The van der Waals surface area contributed by atoms with E-state index in [-0.39, 0.29) is 4.90 Å². The van der Waals surface area contributed by atoms with Crippen molar-refractivity contribution in [3.8, 4) is 6.07 Å². The fourth-order valence-corrected chi connectivity index (χ4v) is 4.02. The lowest BCUT2D eigenvalue weighted by Crippen LogP contribution is -2.61. The Kier molecular flexibility index (Phi) is 2.73. The molecule has 2 saturated heterocycles. The standard InChI is InChI=1S/C23H32F3N5O4/c1-21(2,3)16(30-20(35)23(24,25)26)19(34)31-10-13-14(22(13,4)5)15(31)18(33)29-12(9-27)8-11-6-7-28-17(11)32/h11-16H,6-8,10H2,1-5H3,(H,28,32)(H,29,33)(H,30,35)/t11-,12-,13-,14-,15-,16+/m0/s1/i1D3,2D3,3D3,4D3,5D3,6D2,7D2,16D. The van der Waals surface area contributed by atoms with Crippen LogP contribution in [-0.2, 0) is 19.2 Å². The fourth-order valence-electron chi connectivity index (χ4n) is 4.02. The minimum absolute atomic E-state index is 0.170. The van der Waals surface area contributed by atoms with Crippen LogP contribution in [0.5, 0.6) is 0 Å². The van der Waals surface area contributed by atoms with Crippen molar-refractivity contribution in [3.05, 3.63) is 0 Å². The predicted octanol–water partition coefficient (Wildman–Crippen LogP) is 1.10. The van der Waals surface area contributed by atoms with Gasteiger partial charge in [0, 0.05) is 45.0 Å². The number of nitrogens with zero attached hydrogens (tertiary/aromatic N) is 2. The molecule has 2 aliphatic heterocycles. The number of carbonyl (C=O) groups is 4. The molecule has 9 nitrogen and oxygen atoms in total. The van der Waals surface area contributed by atoms with Crippen molar-refractivity contribution in [2.24, 2.45) is 28.6 Å². The summed E-state index contributed by atoms with van der Waals surface area (Å²) in [7, 11) is 0. The maximum atomic E-state index is 14.5. The minimum atomic E-state index is -6.18. The predicted molar refractivity (Wildman–Crippen MR) is 117 cm³/mol. The van der Waals surface area contributed by atoms with E-state index in [1.807, 2.05) is 5.32 Å². The van der Waals surface area contributed by atoms with Crippen LogP contribution in [0.25, 0.3) is 0 Å². The maximum absolute atomic E-state index is 14.5. The molecule has 0 radical (unpaired) electrons. The lowest BCUT2D eigenvalue weighted by Gasteiger charge is -2.37. The second-order valence-electron chi connectivity index (χ2n) is 8.22. The van der Waals surface area contributed by atoms with Crippen LogP contribution in [0.3, 0.4) is 0 Å². The number of carbonyl (C=O) groups excluding carboxylic acids is 4. The quantitative estimate of drug-likeness (QED) is 0.484. The molecular formula is C23H32F3N5O4. The van der Waals surface area contributed by atoms with Crippen molar-refractivity contribution in [1.82, 2.24) is 20.9 Å².